The number of aliphatic hydroxyl groups is 1. The number of para-hydroxylation sites is 1. The predicted molar refractivity (Wildman–Crippen MR) is 149 cm³/mol. The maximum atomic E-state index is 14.3. The lowest BCUT2D eigenvalue weighted by atomic mass is 9.89. The molecule has 0 aromatic heterocycles. The molecule has 0 radical (unpaired) electrons. The molecule has 0 bridgehead atoms. The van der Waals surface area contributed by atoms with Gasteiger partial charge in [-0.15, -0.1) is 0 Å². The van der Waals surface area contributed by atoms with Crippen molar-refractivity contribution in [1.82, 2.24) is 0 Å². The van der Waals surface area contributed by atoms with Gasteiger partial charge in [0.2, 0.25) is 0 Å². The Hall–Kier alpha value is -4.10. The molecule has 6 nitrogen and oxygen atoms in total. The quantitative estimate of drug-likeness (QED) is 0.298. The Morgan fingerprint density at radius 1 is 0.868 bits per heavy atom. The van der Waals surface area contributed by atoms with E-state index in [4.69, 9.17) is 4.74 Å². The number of nitrogens with zero attached hydrogens (tertiary/aromatic N) is 1. The summed E-state index contributed by atoms with van der Waals surface area (Å²) >= 11 is 0. The smallest absolute Gasteiger partial charge is 0.340 e. The van der Waals surface area contributed by atoms with Crippen molar-refractivity contribution in [2.45, 2.75) is 44.2 Å². The van der Waals surface area contributed by atoms with Crippen molar-refractivity contribution in [3.05, 3.63) is 113 Å². The molecule has 7 heteroatoms. The number of rotatable bonds is 4. The Balaban J connectivity index is 1.82. The third kappa shape index (κ3) is 4.54. The summed E-state index contributed by atoms with van der Waals surface area (Å²) in [6.07, 6.45) is 0. The molecule has 194 valence electrons. The molecular weight excluding hydrogens is 498 g/mol. The van der Waals surface area contributed by atoms with E-state index in [-0.39, 0.29) is 27.5 Å². The van der Waals surface area contributed by atoms with E-state index in [2.05, 4.69) is 0 Å². The molecule has 0 aliphatic carbocycles. The Morgan fingerprint density at radius 2 is 1.50 bits per heavy atom. The van der Waals surface area contributed by atoms with Crippen LogP contribution in [0.25, 0.3) is 16.5 Å². The second-order valence-electron chi connectivity index (χ2n) is 10.4. The molecule has 1 heterocycles. The maximum absolute atomic E-state index is 14.3. The van der Waals surface area contributed by atoms with Gasteiger partial charge in [-0.05, 0) is 74.4 Å². The molecule has 0 saturated heterocycles. The Morgan fingerprint density at radius 3 is 2.18 bits per heavy atom. The van der Waals surface area contributed by atoms with Gasteiger partial charge in [0.25, 0.3) is 10.0 Å². The summed E-state index contributed by atoms with van der Waals surface area (Å²) in [5, 5.41) is 13.3. The van der Waals surface area contributed by atoms with Gasteiger partial charge in [0.15, 0.2) is 0 Å². The van der Waals surface area contributed by atoms with Gasteiger partial charge in [-0.3, -0.25) is 4.31 Å². The van der Waals surface area contributed by atoms with Crippen LogP contribution < -0.4 is 4.31 Å². The van der Waals surface area contributed by atoms with E-state index in [1.807, 2.05) is 43.3 Å². The summed E-state index contributed by atoms with van der Waals surface area (Å²) in [5.41, 5.74) is 0.958. The number of ether oxygens (including phenoxy) is 1. The average Bonchev–Trinajstić information content (AvgIpc) is 2.87. The summed E-state index contributed by atoms with van der Waals surface area (Å²) in [4.78, 5) is 13.8. The fourth-order valence-electron chi connectivity index (χ4n) is 4.71. The first-order chi connectivity index (χ1) is 18.0. The highest BCUT2D eigenvalue weighted by molar-refractivity contribution is 7.92. The van der Waals surface area contributed by atoms with Gasteiger partial charge in [-0.2, -0.15) is 0 Å². The number of anilines is 1. The maximum Gasteiger partial charge on any atom is 0.340 e. The third-order valence-corrected chi connectivity index (χ3v) is 8.24. The number of hydrogen-bond donors (Lipinski definition) is 1. The predicted octanol–water partition coefficient (Wildman–Crippen LogP) is 6.71. The van der Waals surface area contributed by atoms with Gasteiger partial charge >= 0.3 is 5.97 Å². The number of fused-ring (bicyclic) bond motifs is 2. The van der Waals surface area contributed by atoms with Crippen LogP contribution in [0.3, 0.4) is 0 Å². The highest BCUT2D eigenvalue weighted by atomic mass is 32.2. The van der Waals surface area contributed by atoms with Gasteiger partial charge in [-0.1, -0.05) is 66.2 Å². The minimum atomic E-state index is -4.20. The van der Waals surface area contributed by atoms with Crippen LogP contribution in [0.4, 0.5) is 5.69 Å². The highest BCUT2D eigenvalue weighted by Crippen LogP contribution is 2.48. The summed E-state index contributed by atoms with van der Waals surface area (Å²) in [6, 6.07) is 25.2. The molecule has 38 heavy (non-hydrogen) atoms. The molecular formula is C31H29NO5S. The number of esters is 1. The van der Waals surface area contributed by atoms with Gasteiger partial charge in [-0.25, -0.2) is 13.2 Å². The van der Waals surface area contributed by atoms with Gasteiger partial charge in [0.05, 0.1) is 10.6 Å². The van der Waals surface area contributed by atoms with Crippen LogP contribution in [0.1, 0.15) is 43.5 Å². The highest BCUT2D eigenvalue weighted by Gasteiger charge is 2.45. The lowest BCUT2D eigenvalue weighted by Crippen LogP contribution is -2.42. The average molecular weight is 528 g/mol. The van der Waals surface area contributed by atoms with Crippen molar-refractivity contribution >= 4 is 38.2 Å². The van der Waals surface area contributed by atoms with Crippen LogP contribution in [0.2, 0.25) is 0 Å². The minimum absolute atomic E-state index is 0.0774. The lowest BCUT2D eigenvalue weighted by Gasteiger charge is -2.39. The van der Waals surface area contributed by atoms with Crippen LogP contribution in [-0.4, -0.2) is 25.1 Å². The van der Waals surface area contributed by atoms with E-state index >= 15 is 0 Å². The number of carbonyl (C=O) groups excluding carboxylic acids is 1. The zero-order valence-corrected chi connectivity index (χ0v) is 22.5. The summed E-state index contributed by atoms with van der Waals surface area (Å²) in [6.45, 7) is 7.06. The number of sulfonamides is 1. The minimum Gasteiger partial charge on any atom is -0.507 e. The normalized spacial score (nSPS) is 15.9. The summed E-state index contributed by atoms with van der Waals surface area (Å²) in [7, 11) is -4.20. The molecule has 0 unspecified atom stereocenters. The van der Waals surface area contributed by atoms with Crippen molar-refractivity contribution < 1.29 is 23.1 Å². The Kier molecular flexibility index (Phi) is 6.27. The third-order valence-electron chi connectivity index (χ3n) is 6.45. The molecule has 4 aromatic carbocycles. The van der Waals surface area contributed by atoms with Crippen LogP contribution in [0.15, 0.2) is 101 Å². The first-order valence-electron chi connectivity index (χ1n) is 12.3. The molecule has 5 rings (SSSR count). The van der Waals surface area contributed by atoms with Crippen LogP contribution in [-0.2, 0) is 19.6 Å². The first-order valence-corrected chi connectivity index (χ1v) is 13.8. The van der Waals surface area contributed by atoms with Crippen molar-refractivity contribution in [1.29, 1.82) is 0 Å². The number of aliphatic hydroxyl groups excluding tert-OH is 1. The topological polar surface area (TPSA) is 83.9 Å². The SMILES string of the molecule is Cc1ccc(S(=O)(=O)N2c3ccccc3C(O)=C(C(=O)OC(C)(C)C)[C@H]2c2ccc3ccccc3c2)cc1. The van der Waals surface area contributed by atoms with Crippen LogP contribution in [0, 0.1) is 6.92 Å². The van der Waals surface area contributed by atoms with Crippen LogP contribution in [0.5, 0.6) is 0 Å². The summed E-state index contributed by atoms with van der Waals surface area (Å²) < 4.78 is 35.6. The second-order valence-corrected chi connectivity index (χ2v) is 12.2. The Bertz CT molecular complexity index is 1680. The Labute approximate surface area is 222 Å². The van der Waals surface area contributed by atoms with E-state index in [9.17, 15) is 18.3 Å². The lowest BCUT2D eigenvalue weighted by molar-refractivity contribution is -0.150. The monoisotopic (exact) mass is 527 g/mol. The van der Waals surface area contributed by atoms with Gasteiger partial charge in [0, 0.05) is 5.56 Å². The van der Waals surface area contributed by atoms with E-state index in [1.54, 1.807) is 75.4 Å². The molecule has 1 atom stereocenters. The van der Waals surface area contributed by atoms with E-state index < -0.39 is 27.6 Å². The number of aryl methyl sites for hydroxylation is 1. The zero-order valence-electron chi connectivity index (χ0n) is 21.7. The van der Waals surface area contributed by atoms with Crippen molar-refractivity contribution in [2.75, 3.05) is 4.31 Å². The molecule has 0 amide bonds. The molecule has 1 aliphatic heterocycles. The molecule has 0 fully saturated rings. The molecule has 1 N–H and O–H groups in total. The first kappa shape index (κ1) is 25.5. The van der Waals surface area contributed by atoms with E-state index in [0.717, 1.165) is 16.3 Å². The van der Waals surface area contributed by atoms with Crippen LogP contribution >= 0.6 is 0 Å². The van der Waals surface area contributed by atoms with E-state index in [1.165, 1.54) is 4.31 Å². The van der Waals surface area contributed by atoms with Crippen molar-refractivity contribution in [3.8, 4) is 0 Å². The standard InChI is InChI=1S/C31H29NO5S/c1-20-13-17-24(18-14-20)38(35,36)32-26-12-8-7-11-25(26)29(33)27(30(34)37-31(2,3)4)28(32)23-16-15-21-9-5-6-10-22(21)19-23/h5-19,28,33H,1-4H3/t28-/m1/s1. The molecule has 0 spiro atoms. The molecule has 4 aromatic rings. The number of carbonyl (C=O) groups is 1. The van der Waals surface area contributed by atoms with Crippen molar-refractivity contribution in [2.24, 2.45) is 0 Å². The van der Waals surface area contributed by atoms with Gasteiger partial charge in [0.1, 0.15) is 23.0 Å². The fourth-order valence-corrected chi connectivity index (χ4v) is 6.34. The second kappa shape index (κ2) is 9.33. The number of benzene rings is 4. The molecule has 0 saturated carbocycles. The summed E-state index contributed by atoms with van der Waals surface area (Å²) in [5.74, 6) is -1.09. The van der Waals surface area contributed by atoms with Gasteiger partial charge < -0.3 is 9.84 Å². The van der Waals surface area contributed by atoms with E-state index in [0.29, 0.717) is 5.56 Å². The molecule has 1 aliphatic rings. The van der Waals surface area contributed by atoms with Crippen molar-refractivity contribution in [3.63, 3.8) is 0 Å². The largest absolute Gasteiger partial charge is 0.507 e. The zero-order chi connectivity index (χ0) is 27.2. The number of hydrogen-bond acceptors (Lipinski definition) is 5. The fraction of sp³-hybridized carbons (Fsp3) is 0.194.